The van der Waals surface area contributed by atoms with E-state index in [2.05, 4.69) is 11.5 Å². The fraction of sp³-hybridized carbons (Fsp3) is 0.714. The highest BCUT2D eigenvalue weighted by Crippen LogP contribution is 2.05. The SMILES string of the molecule is C=C(C)C.O=C1CCCCC(=O)OOCCCCO1. The van der Waals surface area contributed by atoms with Crippen molar-refractivity contribution in [1.29, 1.82) is 0 Å². The number of allylic oxidation sites excluding steroid dienone is 1. The van der Waals surface area contributed by atoms with Crippen LogP contribution in [0.1, 0.15) is 52.4 Å². The molecule has 19 heavy (non-hydrogen) atoms. The fourth-order valence-corrected chi connectivity index (χ4v) is 1.21. The molecule has 5 nitrogen and oxygen atoms in total. The number of ether oxygens (including phenoxy) is 1. The number of carbonyl (C=O) groups is 2. The van der Waals surface area contributed by atoms with Gasteiger partial charge in [-0.2, -0.15) is 4.89 Å². The van der Waals surface area contributed by atoms with E-state index in [-0.39, 0.29) is 18.4 Å². The molecule has 0 bridgehead atoms. The van der Waals surface area contributed by atoms with Gasteiger partial charge in [-0.25, -0.2) is 4.79 Å². The summed E-state index contributed by atoms with van der Waals surface area (Å²) in [6.07, 6.45) is 3.36. The van der Waals surface area contributed by atoms with Crippen LogP contribution < -0.4 is 0 Å². The molecule has 1 aliphatic rings. The molecule has 1 rings (SSSR count). The van der Waals surface area contributed by atoms with Gasteiger partial charge in [-0.3, -0.25) is 9.68 Å². The van der Waals surface area contributed by atoms with Crippen molar-refractivity contribution < 1.29 is 24.1 Å². The lowest BCUT2D eigenvalue weighted by Crippen LogP contribution is -2.06. The topological polar surface area (TPSA) is 61.8 Å². The molecule has 0 amide bonds. The van der Waals surface area contributed by atoms with Gasteiger partial charge >= 0.3 is 11.9 Å². The van der Waals surface area contributed by atoms with Crippen molar-refractivity contribution in [2.45, 2.75) is 52.4 Å². The van der Waals surface area contributed by atoms with Gasteiger partial charge < -0.3 is 4.74 Å². The summed E-state index contributed by atoms with van der Waals surface area (Å²) >= 11 is 0. The van der Waals surface area contributed by atoms with E-state index in [1.54, 1.807) is 0 Å². The minimum absolute atomic E-state index is 0.191. The Morgan fingerprint density at radius 2 is 1.47 bits per heavy atom. The quantitative estimate of drug-likeness (QED) is 0.385. The highest BCUT2D eigenvalue weighted by atomic mass is 17.2. The second-order valence-electron chi connectivity index (χ2n) is 4.62. The molecule has 1 fully saturated rings. The lowest BCUT2D eigenvalue weighted by molar-refractivity contribution is -0.272. The largest absolute Gasteiger partial charge is 0.466 e. The summed E-state index contributed by atoms with van der Waals surface area (Å²) in [5, 5.41) is 0. The molecule has 5 heteroatoms. The van der Waals surface area contributed by atoms with Crippen LogP contribution in [0.2, 0.25) is 0 Å². The molecule has 0 N–H and O–H groups in total. The summed E-state index contributed by atoms with van der Waals surface area (Å²) < 4.78 is 4.96. The van der Waals surface area contributed by atoms with Gasteiger partial charge in [-0.1, -0.05) is 5.57 Å². The van der Waals surface area contributed by atoms with Gasteiger partial charge in [0.1, 0.15) is 0 Å². The second kappa shape index (κ2) is 11.7. The van der Waals surface area contributed by atoms with Crippen LogP contribution in [0.5, 0.6) is 0 Å². The Morgan fingerprint density at radius 1 is 0.947 bits per heavy atom. The molecule has 0 aliphatic carbocycles. The number of hydrogen-bond acceptors (Lipinski definition) is 5. The Kier molecular flexibility index (Phi) is 10.9. The zero-order valence-electron chi connectivity index (χ0n) is 11.9. The Balaban J connectivity index is 0.000000711. The molecule has 110 valence electrons. The monoisotopic (exact) mass is 272 g/mol. The van der Waals surface area contributed by atoms with Crippen LogP contribution in [0.4, 0.5) is 0 Å². The van der Waals surface area contributed by atoms with Crippen LogP contribution in [0.15, 0.2) is 12.2 Å². The molecular weight excluding hydrogens is 248 g/mol. The van der Waals surface area contributed by atoms with Crippen LogP contribution in [-0.2, 0) is 24.1 Å². The minimum atomic E-state index is -0.373. The van der Waals surface area contributed by atoms with E-state index >= 15 is 0 Å². The predicted octanol–water partition coefficient (Wildman–Crippen LogP) is 2.94. The van der Waals surface area contributed by atoms with Crippen molar-refractivity contribution in [2.75, 3.05) is 13.2 Å². The Labute approximate surface area is 114 Å². The highest BCUT2D eigenvalue weighted by molar-refractivity contribution is 5.70. The number of hydrogen-bond donors (Lipinski definition) is 0. The average Bonchev–Trinajstić information content (AvgIpc) is 2.33. The molecule has 1 heterocycles. The maximum absolute atomic E-state index is 11.1. The van der Waals surface area contributed by atoms with E-state index in [0.29, 0.717) is 38.9 Å². The first-order chi connectivity index (χ1) is 9.02. The lowest BCUT2D eigenvalue weighted by atomic mass is 10.2. The van der Waals surface area contributed by atoms with E-state index < -0.39 is 0 Å². The van der Waals surface area contributed by atoms with E-state index in [1.807, 2.05) is 13.8 Å². The van der Waals surface area contributed by atoms with Gasteiger partial charge in [-0.15, -0.1) is 6.58 Å². The molecule has 0 radical (unpaired) electrons. The van der Waals surface area contributed by atoms with Crippen molar-refractivity contribution >= 4 is 11.9 Å². The van der Waals surface area contributed by atoms with E-state index in [0.717, 1.165) is 6.42 Å². The van der Waals surface area contributed by atoms with Gasteiger partial charge in [0.2, 0.25) is 0 Å². The van der Waals surface area contributed by atoms with E-state index in [1.165, 1.54) is 5.57 Å². The predicted molar refractivity (Wildman–Crippen MR) is 71.2 cm³/mol. The summed E-state index contributed by atoms with van der Waals surface area (Å²) in [4.78, 5) is 31.3. The fourth-order valence-electron chi connectivity index (χ4n) is 1.21. The summed E-state index contributed by atoms with van der Waals surface area (Å²) in [6.45, 7) is 8.26. The standard InChI is InChI=1S/C10H16O5.C4H8/c11-9-5-1-2-6-10(12)15-14-8-4-3-7-13-9;1-4(2)3/h1-8H2;1H2,2-3H3. The Hall–Kier alpha value is -1.36. The van der Waals surface area contributed by atoms with E-state index in [9.17, 15) is 9.59 Å². The number of cyclic esters (lactones) is 1. The van der Waals surface area contributed by atoms with Crippen molar-refractivity contribution in [2.24, 2.45) is 0 Å². The second-order valence-corrected chi connectivity index (χ2v) is 4.62. The molecule has 0 unspecified atom stereocenters. The lowest BCUT2D eigenvalue weighted by Gasteiger charge is -2.03. The van der Waals surface area contributed by atoms with Crippen LogP contribution in [0.3, 0.4) is 0 Å². The highest BCUT2D eigenvalue weighted by Gasteiger charge is 2.08. The molecule has 0 atom stereocenters. The molecule has 1 aliphatic heterocycles. The zero-order valence-corrected chi connectivity index (χ0v) is 11.9. The Bertz CT molecular complexity index is 260. The third kappa shape index (κ3) is 14.6. The Morgan fingerprint density at radius 3 is 2.11 bits per heavy atom. The maximum atomic E-state index is 11.1. The van der Waals surface area contributed by atoms with Gasteiger partial charge in [-0.05, 0) is 39.5 Å². The number of carbonyl (C=O) groups excluding carboxylic acids is 2. The van der Waals surface area contributed by atoms with Gasteiger partial charge in [0.05, 0.1) is 13.2 Å². The maximum Gasteiger partial charge on any atom is 0.342 e. The van der Waals surface area contributed by atoms with Crippen molar-refractivity contribution in [3.05, 3.63) is 12.2 Å². The summed E-state index contributed by atoms with van der Waals surface area (Å²) in [7, 11) is 0. The summed E-state index contributed by atoms with van der Waals surface area (Å²) in [5.74, 6) is -0.564. The molecule has 0 aromatic rings. The number of esters is 1. The smallest absolute Gasteiger partial charge is 0.342 e. The van der Waals surface area contributed by atoms with Gasteiger partial charge in [0, 0.05) is 12.8 Å². The van der Waals surface area contributed by atoms with Crippen LogP contribution >= 0.6 is 0 Å². The van der Waals surface area contributed by atoms with Crippen molar-refractivity contribution in [3.8, 4) is 0 Å². The van der Waals surface area contributed by atoms with Crippen LogP contribution in [-0.4, -0.2) is 25.2 Å². The van der Waals surface area contributed by atoms with Crippen molar-refractivity contribution in [1.82, 2.24) is 0 Å². The summed E-state index contributed by atoms with van der Waals surface area (Å²) in [6, 6.07) is 0. The van der Waals surface area contributed by atoms with Crippen LogP contribution in [0.25, 0.3) is 0 Å². The number of rotatable bonds is 0. The first kappa shape index (κ1) is 17.6. The zero-order chi connectivity index (χ0) is 14.5. The normalized spacial score (nSPS) is 18.4. The third-order valence-electron chi connectivity index (χ3n) is 2.05. The molecule has 0 spiro atoms. The van der Waals surface area contributed by atoms with E-state index in [4.69, 9.17) is 9.62 Å². The third-order valence-corrected chi connectivity index (χ3v) is 2.05. The molecule has 0 saturated carbocycles. The first-order valence-electron chi connectivity index (χ1n) is 6.62. The molecule has 0 aromatic heterocycles. The minimum Gasteiger partial charge on any atom is -0.466 e. The molecular formula is C14H24O5. The molecule has 0 aromatic carbocycles. The van der Waals surface area contributed by atoms with Gasteiger partial charge in [0.15, 0.2) is 0 Å². The first-order valence-corrected chi connectivity index (χ1v) is 6.62. The average molecular weight is 272 g/mol. The molecule has 1 saturated heterocycles. The van der Waals surface area contributed by atoms with Crippen LogP contribution in [0, 0.1) is 0 Å². The van der Waals surface area contributed by atoms with Gasteiger partial charge in [0.25, 0.3) is 0 Å². The summed E-state index contributed by atoms with van der Waals surface area (Å²) in [5.41, 5.74) is 1.17. The van der Waals surface area contributed by atoms with Crippen molar-refractivity contribution in [3.63, 3.8) is 0 Å².